The van der Waals surface area contributed by atoms with Crippen LogP contribution < -0.4 is 10.1 Å². The number of nitrogens with zero attached hydrogens (tertiary/aromatic N) is 1. The maximum absolute atomic E-state index is 13.1. The van der Waals surface area contributed by atoms with E-state index in [2.05, 4.69) is 21.2 Å². The third-order valence-electron chi connectivity index (χ3n) is 4.73. The van der Waals surface area contributed by atoms with Crippen molar-refractivity contribution in [3.05, 3.63) is 64.1 Å². The van der Waals surface area contributed by atoms with E-state index in [1.165, 1.54) is 5.56 Å². The molecule has 0 fully saturated rings. The van der Waals surface area contributed by atoms with Crippen LogP contribution in [0.15, 0.2) is 53.0 Å². The summed E-state index contributed by atoms with van der Waals surface area (Å²) in [6.45, 7) is 10.4. The van der Waals surface area contributed by atoms with E-state index in [0.29, 0.717) is 26.0 Å². The van der Waals surface area contributed by atoms with Gasteiger partial charge in [-0.05, 0) is 70.9 Å². The number of rotatable bonds is 9. The Hall–Kier alpha value is -2.34. The maximum Gasteiger partial charge on any atom is 0.242 e. The third kappa shape index (κ3) is 8.74. The summed E-state index contributed by atoms with van der Waals surface area (Å²) in [6, 6.07) is 15.1. The van der Waals surface area contributed by atoms with E-state index < -0.39 is 6.04 Å². The van der Waals surface area contributed by atoms with Crippen LogP contribution in [0.3, 0.4) is 0 Å². The van der Waals surface area contributed by atoms with Gasteiger partial charge < -0.3 is 15.0 Å². The monoisotopic (exact) mass is 488 g/mol. The molecule has 1 N–H and O–H groups in total. The molecule has 168 valence electrons. The van der Waals surface area contributed by atoms with E-state index in [-0.39, 0.29) is 17.4 Å². The molecule has 0 heterocycles. The number of benzene rings is 2. The number of nitrogens with one attached hydrogen (secondary N) is 1. The molecule has 1 atom stereocenters. The van der Waals surface area contributed by atoms with Crippen LogP contribution in [0.5, 0.6) is 5.75 Å². The fraction of sp³-hybridized carbons (Fsp3) is 0.440. The number of carbonyl (C=O) groups excluding carboxylic acids is 2. The van der Waals surface area contributed by atoms with Crippen molar-refractivity contribution in [3.63, 3.8) is 0 Å². The molecule has 0 bridgehead atoms. The standard InChI is InChI=1S/C25H33BrN2O3/c1-18-11-13-22(14-12-18)31-15-7-10-23(29)28(17-20-8-6-9-21(26)16-20)19(2)24(30)27-25(3,4)5/h6,8-9,11-14,16,19H,7,10,15,17H2,1-5H3,(H,27,30). The van der Waals surface area contributed by atoms with E-state index in [0.717, 1.165) is 15.8 Å². The number of hydrogen-bond donors (Lipinski definition) is 1. The van der Waals surface area contributed by atoms with Crippen molar-refractivity contribution in [2.45, 2.75) is 65.6 Å². The largest absolute Gasteiger partial charge is 0.494 e. The van der Waals surface area contributed by atoms with Gasteiger partial charge in [0.1, 0.15) is 11.8 Å². The molecule has 0 saturated heterocycles. The van der Waals surface area contributed by atoms with E-state index in [1.807, 2.05) is 76.2 Å². The van der Waals surface area contributed by atoms with Gasteiger partial charge in [-0.15, -0.1) is 0 Å². The van der Waals surface area contributed by atoms with E-state index >= 15 is 0 Å². The summed E-state index contributed by atoms with van der Waals surface area (Å²) >= 11 is 3.47. The van der Waals surface area contributed by atoms with Gasteiger partial charge in [-0.1, -0.05) is 45.8 Å². The molecule has 2 rings (SSSR count). The molecule has 2 aromatic rings. The Morgan fingerprint density at radius 1 is 1.13 bits per heavy atom. The van der Waals surface area contributed by atoms with Crippen LogP contribution >= 0.6 is 15.9 Å². The summed E-state index contributed by atoms with van der Waals surface area (Å²) in [5, 5.41) is 2.98. The highest BCUT2D eigenvalue weighted by Crippen LogP contribution is 2.17. The van der Waals surface area contributed by atoms with Gasteiger partial charge in [0, 0.05) is 23.0 Å². The number of amides is 2. The van der Waals surface area contributed by atoms with Crippen molar-refractivity contribution < 1.29 is 14.3 Å². The molecule has 5 nitrogen and oxygen atoms in total. The lowest BCUT2D eigenvalue weighted by Crippen LogP contribution is -2.52. The molecule has 2 aromatic carbocycles. The van der Waals surface area contributed by atoms with Crippen molar-refractivity contribution in [1.82, 2.24) is 10.2 Å². The van der Waals surface area contributed by atoms with Gasteiger partial charge in [0.25, 0.3) is 0 Å². The minimum absolute atomic E-state index is 0.0657. The minimum atomic E-state index is -0.580. The molecule has 0 aliphatic carbocycles. The van der Waals surface area contributed by atoms with Crippen molar-refractivity contribution in [1.29, 1.82) is 0 Å². The Kier molecular flexibility index (Phi) is 9.11. The zero-order valence-electron chi connectivity index (χ0n) is 19.1. The first-order valence-corrected chi connectivity index (χ1v) is 11.4. The molecule has 6 heteroatoms. The predicted octanol–water partition coefficient (Wildman–Crippen LogP) is 5.25. The number of hydrogen-bond acceptors (Lipinski definition) is 3. The van der Waals surface area contributed by atoms with Gasteiger partial charge in [-0.3, -0.25) is 9.59 Å². The van der Waals surface area contributed by atoms with E-state index in [4.69, 9.17) is 4.74 Å². The smallest absolute Gasteiger partial charge is 0.242 e. The highest BCUT2D eigenvalue weighted by Gasteiger charge is 2.28. The molecule has 0 aliphatic heterocycles. The first-order chi connectivity index (χ1) is 14.5. The second kappa shape index (κ2) is 11.3. The van der Waals surface area contributed by atoms with Crippen LogP contribution in [0.4, 0.5) is 0 Å². The molecule has 31 heavy (non-hydrogen) atoms. The van der Waals surface area contributed by atoms with Crippen molar-refractivity contribution in [2.24, 2.45) is 0 Å². The van der Waals surface area contributed by atoms with Crippen LogP contribution in [0, 0.1) is 6.92 Å². The zero-order chi connectivity index (χ0) is 23.0. The summed E-state index contributed by atoms with van der Waals surface area (Å²) in [5.74, 6) is 0.567. The van der Waals surface area contributed by atoms with Crippen LogP contribution in [-0.2, 0) is 16.1 Å². The Morgan fingerprint density at radius 3 is 2.42 bits per heavy atom. The molecule has 0 radical (unpaired) electrons. The minimum Gasteiger partial charge on any atom is -0.494 e. The fourth-order valence-corrected chi connectivity index (χ4v) is 3.53. The van der Waals surface area contributed by atoms with Gasteiger partial charge in [0.05, 0.1) is 6.61 Å². The number of aryl methyl sites for hydroxylation is 1. The lowest BCUT2D eigenvalue weighted by molar-refractivity contribution is -0.141. The average molecular weight is 489 g/mol. The second-order valence-electron chi connectivity index (χ2n) is 8.83. The molecule has 1 unspecified atom stereocenters. The molecular formula is C25H33BrN2O3. The van der Waals surface area contributed by atoms with Gasteiger partial charge in [0.2, 0.25) is 11.8 Å². The normalized spacial score (nSPS) is 12.2. The van der Waals surface area contributed by atoms with Crippen molar-refractivity contribution in [2.75, 3.05) is 6.61 Å². The fourth-order valence-electron chi connectivity index (χ4n) is 3.08. The van der Waals surface area contributed by atoms with Gasteiger partial charge in [0.15, 0.2) is 0 Å². The number of ether oxygens (including phenoxy) is 1. The van der Waals surface area contributed by atoms with Crippen molar-refractivity contribution >= 4 is 27.7 Å². The Balaban J connectivity index is 2.02. The van der Waals surface area contributed by atoms with Crippen LogP contribution in [-0.4, -0.2) is 34.9 Å². The zero-order valence-corrected chi connectivity index (χ0v) is 20.7. The Labute approximate surface area is 194 Å². The topological polar surface area (TPSA) is 58.6 Å². The van der Waals surface area contributed by atoms with Gasteiger partial charge in [-0.2, -0.15) is 0 Å². The molecule has 0 aliphatic rings. The summed E-state index contributed by atoms with van der Waals surface area (Å²) in [5.41, 5.74) is 1.78. The summed E-state index contributed by atoms with van der Waals surface area (Å²) in [4.78, 5) is 27.5. The Bertz CT molecular complexity index is 875. The summed E-state index contributed by atoms with van der Waals surface area (Å²) in [6.07, 6.45) is 0.891. The number of carbonyl (C=O) groups is 2. The molecule has 0 spiro atoms. The molecule has 0 aromatic heterocycles. The Morgan fingerprint density at radius 2 is 1.81 bits per heavy atom. The predicted molar refractivity (Wildman–Crippen MR) is 128 cm³/mol. The lowest BCUT2D eigenvalue weighted by Gasteiger charge is -2.31. The highest BCUT2D eigenvalue weighted by molar-refractivity contribution is 9.10. The van der Waals surface area contributed by atoms with E-state index in [9.17, 15) is 9.59 Å². The average Bonchev–Trinajstić information content (AvgIpc) is 2.69. The van der Waals surface area contributed by atoms with Crippen LogP contribution in [0.25, 0.3) is 0 Å². The molecule has 2 amide bonds. The van der Waals surface area contributed by atoms with Crippen molar-refractivity contribution in [3.8, 4) is 5.75 Å². The van der Waals surface area contributed by atoms with Gasteiger partial charge >= 0.3 is 0 Å². The van der Waals surface area contributed by atoms with Crippen LogP contribution in [0.2, 0.25) is 0 Å². The highest BCUT2D eigenvalue weighted by atomic mass is 79.9. The SMILES string of the molecule is Cc1ccc(OCCCC(=O)N(Cc2cccc(Br)c2)C(C)C(=O)NC(C)(C)C)cc1. The number of halogens is 1. The second-order valence-corrected chi connectivity index (χ2v) is 9.75. The molecule has 0 saturated carbocycles. The molecular weight excluding hydrogens is 456 g/mol. The van der Waals surface area contributed by atoms with E-state index in [1.54, 1.807) is 11.8 Å². The quantitative estimate of drug-likeness (QED) is 0.490. The van der Waals surface area contributed by atoms with Gasteiger partial charge in [-0.25, -0.2) is 0 Å². The first-order valence-electron chi connectivity index (χ1n) is 10.6. The lowest BCUT2D eigenvalue weighted by atomic mass is 10.1. The maximum atomic E-state index is 13.1. The first kappa shape index (κ1) is 24.9. The summed E-state index contributed by atoms with van der Waals surface area (Å²) < 4.78 is 6.68. The third-order valence-corrected chi connectivity index (χ3v) is 5.23. The summed E-state index contributed by atoms with van der Waals surface area (Å²) in [7, 11) is 0. The van der Waals surface area contributed by atoms with Crippen LogP contribution in [0.1, 0.15) is 51.7 Å².